The van der Waals surface area contributed by atoms with Crippen molar-refractivity contribution in [3.8, 4) is 0 Å². The third-order valence-corrected chi connectivity index (χ3v) is 4.23. The summed E-state index contributed by atoms with van der Waals surface area (Å²) >= 11 is 0. The molecule has 1 aliphatic rings. The molecule has 0 bridgehead atoms. The summed E-state index contributed by atoms with van der Waals surface area (Å²) in [5.74, 6) is -1.15. The fourth-order valence-corrected chi connectivity index (χ4v) is 2.88. The number of aromatic carboxylic acids is 1. The van der Waals surface area contributed by atoms with Gasteiger partial charge in [0.25, 0.3) is 0 Å². The van der Waals surface area contributed by atoms with Gasteiger partial charge in [0.15, 0.2) is 5.78 Å². The van der Waals surface area contributed by atoms with Gasteiger partial charge in [-0.2, -0.15) is 0 Å². The van der Waals surface area contributed by atoms with Crippen molar-refractivity contribution in [3.63, 3.8) is 0 Å². The summed E-state index contributed by atoms with van der Waals surface area (Å²) in [6.45, 7) is 1.87. The maximum atomic E-state index is 12.1. The zero-order chi connectivity index (χ0) is 17.5. The topological polar surface area (TPSA) is 83.5 Å². The lowest BCUT2D eigenvalue weighted by atomic mass is 9.94. The lowest BCUT2D eigenvalue weighted by Gasteiger charge is -2.12. The van der Waals surface area contributed by atoms with Crippen LogP contribution in [0.3, 0.4) is 0 Å². The summed E-state index contributed by atoms with van der Waals surface area (Å²) in [7, 11) is 0. The van der Waals surface area contributed by atoms with E-state index in [1.54, 1.807) is 12.1 Å². The van der Waals surface area contributed by atoms with Crippen LogP contribution < -0.4 is 5.32 Å². The van der Waals surface area contributed by atoms with E-state index in [2.05, 4.69) is 5.32 Å². The zero-order valence-corrected chi connectivity index (χ0v) is 13.9. The van der Waals surface area contributed by atoms with E-state index in [1.807, 2.05) is 13.0 Å². The molecule has 1 aromatic rings. The number of ketones is 1. The van der Waals surface area contributed by atoms with E-state index >= 15 is 0 Å². The van der Waals surface area contributed by atoms with Gasteiger partial charge in [0, 0.05) is 18.5 Å². The van der Waals surface area contributed by atoms with Crippen LogP contribution in [-0.2, 0) is 16.0 Å². The summed E-state index contributed by atoms with van der Waals surface area (Å²) in [4.78, 5) is 35.2. The number of carbonyl (C=O) groups excluding carboxylic acids is 2. The number of nitrogens with one attached hydrogen (secondary N) is 1. The Hall–Kier alpha value is -2.43. The normalized spacial score (nSPS) is 14.0. The molecule has 0 heterocycles. The number of hydrogen-bond donors (Lipinski definition) is 2. The molecule has 0 aromatic heterocycles. The van der Waals surface area contributed by atoms with E-state index in [1.165, 1.54) is 6.07 Å². The molecule has 128 valence electrons. The number of carbonyl (C=O) groups is 3. The number of anilines is 1. The molecule has 1 aromatic carbocycles. The molecule has 5 nitrogen and oxygen atoms in total. The van der Waals surface area contributed by atoms with Crippen LogP contribution in [-0.4, -0.2) is 22.8 Å². The van der Waals surface area contributed by atoms with Crippen molar-refractivity contribution in [2.24, 2.45) is 0 Å². The Balaban J connectivity index is 1.91. The lowest BCUT2D eigenvalue weighted by molar-refractivity contribution is -0.121. The highest BCUT2D eigenvalue weighted by Gasteiger charge is 2.15. The minimum absolute atomic E-state index is 0.0559. The summed E-state index contributed by atoms with van der Waals surface area (Å²) in [5, 5.41) is 11.8. The number of hydrogen-bond acceptors (Lipinski definition) is 3. The molecular weight excluding hydrogens is 306 g/mol. The number of allylic oxidation sites excluding steroid dienone is 2. The monoisotopic (exact) mass is 329 g/mol. The van der Waals surface area contributed by atoms with Crippen LogP contribution in [0.4, 0.5) is 5.69 Å². The summed E-state index contributed by atoms with van der Waals surface area (Å²) in [6, 6.07) is 4.74. The summed E-state index contributed by atoms with van der Waals surface area (Å²) in [6.07, 6.45) is 6.84. The van der Waals surface area contributed by atoms with E-state index < -0.39 is 5.97 Å². The van der Waals surface area contributed by atoms with Gasteiger partial charge in [-0.3, -0.25) is 9.59 Å². The lowest BCUT2D eigenvalue weighted by Crippen LogP contribution is -2.15. The minimum Gasteiger partial charge on any atom is -0.478 e. The molecule has 0 unspecified atom stereocenters. The molecule has 5 heteroatoms. The van der Waals surface area contributed by atoms with Crippen LogP contribution in [0.2, 0.25) is 0 Å². The van der Waals surface area contributed by atoms with E-state index in [0.29, 0.717) is 17.7 Å². The van der Waals surface area contributed by atoms with Crippen molar-refractivity contribution in [3.05, 3.63) is 41.0 Å². The van der Waals surface area contributed by atoms with Gasteiger partial charge in [0.1, 0.15) is 0 Å². The Morgan fingerprint density at radius 3 is 2.58 bits per heavy atom. The molecule has 0 atom stereocenters. The van der Waals surface area contributed by atoms with Crippen molar-refractivity contribution in [1.82, 2.24) is 0 Å². The van der Waals surface area contributed by atoms with Crippen LogP contribution in [0.25, 0.3) is 0 Å². The van der Waals surface area contributed by atoms with Gasteiger partial charge in [-0.05, 0) is 61.4 Å². The molecule has 0 saturated heterocycles. The van der Waals surface area contributed by atoms with Crippen LogP contribution >= 0.6 is 0 Å². The predicted octanol–water partition coefficient (Wildman–Crippen LogP) is 3.74. The minimum atomic E-state index is -0.976. The molecule has 0 fully saturated rings. The Kier molecular flexibility index (Phi) is 6.29. The third kappa shape index (κ3) is 4.78. The summed E-state index contributed by atoms with van der Waals surface area (Å²) < 4.78 is 0. The average Bonchev–Trinajstić information content (AvgIpc) is 2.60. The number of rotatable bonds is 7. The first-order chi connectivity index (χ1) is 11.5. The van der Waals surface area contributed by atoms with Crippen molar-refractivity contribution in [2.45, 2.75) is 51.9 Å². The second-order valence-electron chi connectivity index (χ2n) is 5.98. The molecule has 1 amide bonds. The van der Waals surface area contributed by atoms with E-state index in [9.17, 15) is 14.4 Å². The standard InChI is InChI=1S/C19H23NO4/c1-2-13-12-15(8-9-16(13)19(23)24)20-18(22)11-10-17(21)14-6-4-3-5-7-14/h6,8-9,12H,2-5,7,10-11H2,1H3,(H,20,22)(H,23,24). The number of carboxylic acids is 1. The van der Waals surface area contributed by atoms with Gasteiger partial charge in [-0.1, -0.05) is 13.0 Å². The average molecular weight is 329 g/mol. The first kappa shape index (κ1) is 17.9. The largest absolute Gasteiger partial charge is 0.478 e. The van der Waals surface area contributed by atoms with Gasteiger partial charge in [-0.15, -0.1) is 0 Å². The van der Waals surface area contributed by atoms with E-state index in [4.69, 9.17) is 5.11 Å². The van der Waals surface area contributed by atoms with Gasteiger partial charge in [-0.25, -0.2) is 4.79 Å². The molecule has 24 heavy (non-hydrogen) atoms. The maximum Gasteiger partial charge on any atom is 0.335 e. The molecule has 2 rings (SSSR count). The predicted molar refractivity (Wildman–Crippen MR) is 92.2 cm³/mol. The molecule has 0 radical (unpaired) electrons. The smallest absolute Gasteiger partial charge is 0.335 e. The highest BCUT2D eigenvalue weighted by molar-refractivity contribution is 5.99. The first-order valence-corrected chi connectivity index (χ1v) is 8.39. The molecule has 0 aliphatic heterocycles. The molecular formula is C19H23NO4. The van der Waals surface area contributed by atoms with E-state index in [0.717, 1.165) is 31.3 Å². The number of carboxylic acid groups (broad SMARTS) is 1. The van der Waals surface area contributed by atoms with Gasteiger partial charge in [0.2, 0.25) is 5.91 Å². The Bertz CT molecular complexity index is 676. The Morgan fingerprint density at radius 1 is 1.17 bits per heavy atom. The fourth-order valence-electron chi connectivity index (χ4n) is 2.88. The zero-order valence-electron chi connectivity index (χ0n) is 13.9. The van der Waals surface area contributed by atoms with Gasteiger partial charge >= 0.3 is 5.97 Å². The molecule has 2 N–H and O–H groups in total. The number of amides is 1. The molecule has 0 spiro atoms. The fraction of sp³-hybridized carbons (Fsp3) is 0.421. The third-order valence-electron chi connectivity index (χ3n) is 4.23. The molecule has 0 saturated carbocycles. The maximum absolute atomic E-state index is 12.1. The van der Waals surface area contributed by atoms with Crippen LogP contribution in [0, 0.1) is 0 Å². The Morgan fingerprint density at radius 2 is 1.96 bits per heavy atom. The van der Waals surface area contributed by atoms with Crippen molar-refractivity contribution in [1.29, 1.82) is 0 Å². The second-order valence-corrected chi connectivity index (χ2v) is 5.98. The van der Waals surface area contributed by atoms with Crippen molar-refractivity contribution < 1.29 is 19.5 Å². The van der Waals surface area contributed by atoms with Gasteiger partial charge < -0.3 is 10.4 Å². The van der Waals surface area contributed by atoms with Crippen LogP contribution in [0.15, 0.2) is 29.8 Å². The van der Waals surface area contributed by atoms with Crippen LogP contribution in [0.5, 0.6) is 0 Å². The Labute approximate surface area is 141 Å². The SMILES string of the molecule is CCc1cc(NC(=O)CCC(=O)C2=CCCCC2)ccc1C(=O)O. The number of aryl methyl sites for hydroxylation is 1. The first-order valence-electron chi connectivity index (χ1n) is 8.39. The van der Waals surface area contributed by atoms with Crippen molar-refractivity contribution >= 4 is 23.3 Å². The van der Waals surface area contributed by atoms with Crippen molar-refractivity contribution in [2.75, 3.05) is 5.32 Å². The number of benzene rings is 1. The second kappa shape index (κ2) is 8.43. The van der Waals surface area contributed by atoms with Gasteiger partial charge in [0.05, 0.1) is 5.56 Å². The quantitative estimate of drug-likeness (QED) is 0.798. The van der Waals surface area contributed by atoms with E-state index in [-0.39, 0.29) is 30.1 Å². The number of Topliss-reactive ketones (excluding diaryl/α,β-unsaturated/α-hetero) is 1. The highest BCUT2D eigenvalue weighted by atomic mass is 16.4. The van der Waals surface area contributed by atoms with Crippen LogP contribution in [0.1, 0.15) is 61.4 Å². The highest BCUT2D eigenvalue weighted by Crippen LogP contribution is 2.20. The summed E-state index contributed by atoms with van der Waals surface area (Å²) in [5.41, 5.74) is 2.33. The molecule has 1 aliphatic carbocycles.